The molecule has 0 radical (unpaired) electrons. The molecule has 0 unspecified atom stereocenters. The smallest absolute Gasteiger partial charge is 0.190 e. The second kappa shape index (κ2) is 7.69. The SMILES string of the molecule is CO[C@H]1CCC2=C(C[C@@H]3C([C@H](C)CC/C=C(\C)CO)=CC[C@]3(C)O2)C1=O. The molecule has 0 fully saturated rings. The molecular formula is C22H32O4. The highest BCUT2D eigenvalue weighted by Gasteiger charge is 2.49. The van der Waals surface area contributed by atoms with Crippen LogP contribution < -0.4 is 0 Å². The molecule has 1 aliphatic heterocycles. The number of methoxy groups -OCH3 is 1. The Morgan fingerprint density at radius 1 is 1.54 bits per heavy atom. The van der Waals surface area contributed by atoms with Crippen molar-refractivity contribution in [1.29, 1.82) is 0 Å². The Morgan fingerprint density at radius 2 is 2.31 bits per heavy atom. The molecule has 0 spiro atoms. The van der Waals surface area contributed by atoms with Crippen molar-refractivity contribution < 1.29 is 19.4 Å². The predicted octanol–water partition coefficient (Wildman–Crippen LogP) is 4.10. The zero-order chi connectivity index (χ0) is 18.9. The molecule has 0 aromatic rings. The zero-order valence-corrected chi connectivity index (χ0v) is 16.5. The van der Waals surface area contributed by atoms with Crippen LogP contribution >= 0.6 is 0 Å². The zero-order valence-electron chi connectivity index (χ0n) is 16.5. The highest BCUT2D eigenvalue weighted by atomic mass is 16.5. The number of carbonyl (C=O) groups excluding carboxylic acids is 1. The molecule has 4 atom stereocenters. The maximum atomic E-state index is 12.7. The van der Waals surface area contributed by atoms with E-state index in [0.29, 0.717) is 5.92 Å². The van der Waals surface area contributed by atoms with Crippen LogP contribution in [-0.4, -0.2) is 36.3 Å². The third-order valence-corrected chi connectivity index (χ3v) is 6.40. The number of allylic oxidation sites excluding steroid dienone is 2. The van der Waals surface area contributed by atoms with E-state index in [1.165, 1.54) is 5.57 Å². The summed E-state index contributed by atoms with van der Waals surface area (Å²) < 4.78 is 11.8. The third kappa shape index (κ3) is 3.54. The molecule has 4 nitrogen and oxygen atoms in total. The molecule has 2 aliphatic carbocycles. The first kappa shape index (κ1) is 19.4. The maximum Gasteiger partial charge on any atom is 0.190 e. The van der Waals surface area contributed by atoms with E-state index in [0.717, 1.165) is 55.4 Å². The predicted molar refractivity (Wildman–Crippen MR) is 102 cm³/mol. The standard InChI is InChI=1S/C22H32O4/c1-14(13-23)6-5-7-15(2)16-10-11-22(3)18(16)12-17-19(26-22)8-9-20(25-4)21(17)24/h6,10,15,18,20,23H,5,7-9,11-13H2,1-4H3/b14-6+/t15-,18-,20+,22+/m1/s1. The molecule has 0 aromatic carbocycles. The molecule has 0 saturated carbocycles. The van der Waals surface area contributed by atoms with E-state index in [1.807, 2.05) is 6.92 Å². The fraction of sp³-hybridized carbons (Fsp3) is 0.682. The van der Waals surface area contributed by atoms with E-state index in [1.54, 1.807) is 7.11 Å². The Bertz CT molecular complexity index is 657. The second-order valence-corrected chi connectivity index (χ2v) is 8.30. The number of rotatable bonds is 6. The molecule has 144 valence electrons. The Hall–Kier alpha value is -1.39. The second-order valence-electron chi connectivity index (χ2n) is 8.30. The molecule has 26 heavy (non-hydrogen) atoms. The van der Waals surface area contributed by atoms with Crippen molar-refractivity contribution in [3.63, 3.8) is 0 Å². The van der Waals surface area contributed by atoms with Crippen LogP contribution in [0.5, 0.6) is 0 Å². The van der Waals surface area contributed by atoms with Gasteiger partial charge in [-0.1, -0.05) is 30.2 Å². The summed E-state index contributed by atoms with van der Waals surface area (Å²) in [6, 6.07) is 0. The van der Waals surface area contributed by atoms with E-state index >= 15 is 0 Å². The minimum Gasteiger partial charge on any atom is -0.491 e. The minimum atomic E-state index is -0.306. The van der Waals surface area contributed by atoms with Gasteiger partial charge in [-0.3, -0.25) is 4.79 Å². The number of aliphatic hydroxyl groups excluding tert-OH is 1. The molecule has 0 amide bonds. The van der Waals surface area contributed by atoms with Crippen LogP contribution in [0.25, 0.3) is 0 Å². The van der Waals surface area contributed by atoms with Crippen molar-refractivity contribution >= 4 is 5.78 Å². The number of ether oxygens (including phenoxy) is 2. The molecule has 3 rings (SSSR count). The largest absolute Gasteiger partial charge is 0.491 e. The van der Waals surface area contributed by atoms with Crippen molar-refractivity contribution in [2.75, 3.05) is 13.7 Å². The first-order valence-corrected chi connectivity index (χ1v) is 9.84. The van der Waals surface area contributed by atoms with Gasteiger partial charge in [-0.25, -0.2) is 0 Å². The van der Waals surface area contributed by atoms with Crippen LogP contribution in [0.3, 0.4) is 0 Å². The topological polar surface area (TPSA) is 55.8 Å². The van der Waals surface area contributed by atoms with E-state index in [-0.39, 0.29) is 30.0 Å². The van der Waals surface area contributed by atoms with Gasteiger partial charge in [0, 0.05) is 31.4 Å². The van der Waals surface area contributed by atoms with Crippen LogP contribution in [0.15, 0.2) is 34.6 Å². The summed E-state index contributed by atoms with van der Waals surface area (Å²) in [5, 5.41) is 9.13. The Morgan fingerprint density at radius 3 is 3.00 bits per heavy atom. The summed E-state index contributed by atoms with van der Waals surface area (Å²) in [7, 11) is 1.62. The molecule has 4 heteroatoms. The lowest BCUT2D eigenvalue weighted by Crippen LogP contribution is -2.43. The number of aliphatic hydroxyl groups is 1. The number of hydrogen-bond donors (Lipinski definition) is 1. The average molecular weight is 360 g/mol. The molecular weight excluding hydrogens is 328 g/mol. The average Bonchev–Trinajstić information content (AvgIpc) is 2.96. The summed E-state index contributed by atoms with van der Waals surface area (Å²) in [5.41, 5.74) is 3.11. The van der Waals surface area contributed by atoms with Crippen LogP contribution in [0.1, 0.15) is 59.3 Å². The Labute approximate surface area is 156 Å². The maximum absolute atomic E-state index is 12.7. The quantitative estimate of drug-likeness (QED) is 0.725. The van der Waals surface area contributed by atoms with Crippen molar-refractivity contribution in [3.05, 3.63) is 34.6 Å². The van der Waals surface area contributed by atoms with Crippen LogP contribution in [0, 0.1) is 11.8 Å². The van der Waals surface area contributed by atoms with E-state index < -0.39 is 0 Å². The minimum absolute atomic E-state index is 0.121. The number of ketones is 1. The van der Waals surface area contributed by atoms with Gasteiger partial charge < -0.3 is 14.6 Å². The lowest BCUT2D eigenvalue weighted by Gasteiger charge is -2.43. The summed E-state index contributed by atoms with van der Waals surface area (Å²) in [6.07, 6.45) is 9.41. The van der Waals surface area contributed by atoms with Gasteiger partial charge in [-0.15, -0.1) is 0 Å². The highest BCUT2D eigenvalue weighted by Crippen LogP contribution is 2.51. The van der Waals surface area contributed by atoms with Gasteiger partial charge >= 0.3 is 0 Å². The highest BCUT2D eigenvalue weighted by molar-refractivity contribution is 6.00. The molecule has 0 bridgehead atoms. The van der Waals surface area contributed by atoms with E-state index in [2.05, 4.69) is 26.0 Å². The van der Waals surface area contributed by atoms with Gasteiger partial charge in [0.15, 0.2) is 5.78 Å². The monoisotopic (exact) mass is 360 g/mol. The Balaban J connectivity index is 1.73. The van der Waals surface area contributed by atoms with Crippen LogP contribution in [0.2, 0.25) is 0 Å². The summed E-state index contributed by atoms with van der Waals surface area (Å²) in [6.45, 7) is 6.55. The van der Waals surface area contributed by atoms with Gasteiger partial charge in [0.05, 0.1) is 6.61 Å². The Kier molecular flexibility index (Phi) is 5.73. The lowest BCUT2D eigenvalue weighted by molar-refractivity contribution is -0.129. The third-order valence-electron chi connectivity index (χ3n) is 6.40. The molecule has 0 aromatic heterocycles. The molecule has 3 aliphatic rings. The van der Waals surface area contributed by atoms with Gasteiger partial charge in [-0.2, -0.15) is 0 Å². The van der Waals surface area contributed by atoms with Crippen LogP contribution in [-0.2, 0) is 14.3 Å². The molecule has 0 saturated heterocycles. The van der Waals surface area contributed by atoms with Gasteiger partial charge in [-0.05, 0) is 45.4 Å². The summed E-state index contributed by atoms with van der Waals surface area (Å²) in [5.74, 6) is 1.76. The fourth-order valence-corrected chi connectivity index (χ4v) is 4.67. The first-order valence-electron chi connectivity index (χ1n) is 9.84. The molecule has 1 heterocycles. The van der Waals surface area contributed by atoms with Crippen molar-refractivity contribution in [1.82, 2.24) is 0 Å². The first-order chi connectivity index (χ1) is 12.4. The lowest BCUT2D eigenvalue weighted by atomic mass is 9.73. The number of hydrogen-bond acceptors (Lipinski definition) is 4. The van der Waals surface area contributed by atoms with Crippen molar-refractivity contribution in [2.24, 2.45) is 11.8 Å². The number of Topliss-reactive ketones (excluding diaryl/α,β-unsaturated/α-hetero) is 1. The van der Waals surface area contributed by atoms with Gasteiger partial charge in [0.1, 0.15) is 17.5 Å². The van der Waals surface area contributed by atoms with Crippen molar-refractivity contribution in [2.45, 2.75) is 71.0 Å². The van der Waals surface area contributed by atoms with Crippen LogP contribution in [0.4, 0.5) is 0 Å². The fourth-order valence-electron chi connectivity index (χ4n) is 4.67. The van der Waals surface area contributed by atoms with Crippen molar-refractivity contribution in [3.8, 4) is 0 Å². The normalized spacial score (nSPS) is 32.7. The van der Waals surface area contributed by atoms with E-state index in [9.17, 15) is 4.79 Å². The number of fused-ring (bicyclic) bond motifs is 1. The molecule has 1 N–H and O–H groups in total. The summed E-state index contributed by atoms with van der Waals surface area (Å²) in [4.78, 5) is 12.7. The summed E-state index contributed by atoms with van der Waals surface area (Å²) >= 11 is 0. The van der Waals surface area contributed by atoms with Gasteiger partial charge in [0.2, 0.25) is 0 Å². The number of carbonyl (C=O) groups is 1. The van der Waals surface area contributed by atoms with Gasteiger partial charge in [0.25, 0.3) is 0 Å². The van der Waals surface area contributed by atoms with E-state index in [4.69, 9.17) is 14.6 Å².